The van der Waals surface area contributed by atoms with E-state index in [2.05, 4.69) is 15.5 Å². The molecule has 86 valence electrons. The van der Waals surface area contributed by atoms with E-state index in [4.69, 9.17) is 11.6 Å². The molecule has 0 spiro atoms. The molecule has 17 heavy (non-hydrogen) atoms. The van der Waals surface area contributed by atoms with E-state index in [0.717, 1.165) is 17.1 Å². The van der Waals surface area contributed by atoms with E-state index in [-0.39, 0.29) is 0 Å². The van der Waals surface area contributed by atoms with Crippen LogP contribution in [-0.2, 0) is 0 Å². The van der Waals surface area contributed by atoms with Gasteiger partial charge in [-0.3, -0.25) is 10.4 Å². The van der Waals surface area contributed by atoms with Crippen LogP contribution in [0.15, 0.2) is 53.8 Å². The van der Waals surface area contributed by atoms with Gasteiger partial charge < -0.3 is 0 Å². The molecule has 0 aliphatic heterocycles. The van der Waals surface area contributed by atoms with E-state index < -0.39 is 0 Å². The first-order valence-electron chi connectivity index (χ1n) is 5.23. The quantitative estimate of drug-likeness (QED) is 0.663. The summed E-state index contributed by atoms with van der Waals surface area (Å²) < 4.78 is 0. The summed E-state index contributed by atoms with van der Waals surface area (Å²) in [6.45, 7) is 1.90. The van der Waals surface area contributed by atoms with Crippen molar-refractivity contribution in [3.63, 3.8) is 0 Å². The first kappa shape index (κ1) is 11.6. The Kier molecular flexibility index (Phi) is 3.73. The van der Waals surface area contributed by atoms with Gasteiger partial charge in [-0.25, -0.2) is 0 Å². The number of benzene rings is 1. The maximum atomic E-state index is 5.88. The molecule has 1 aromatic carbocycles. The lowest BCUT2D eigenvalue weighted by Crippen LogP contribution is -2.01. The van der Waals surface area contributed by atoms with Crippen LogP contribution in [0.25, 0.3) is 0 Å². The van der Waals surface area contributed by atoms with Crippen molar-refractivity contribution in [1.82, 2.24) is 4.98 Å². The highest BCUT2D eigenvalue weighted by molar-refractivity contribution is 6.30. The lowest BCUT2D eigenvalue weighted by molar-refractivity contribution is 1.25. The molecule has 2 aromatic rings. The highest BCUT2D eigenvalue weighted by Crippen LogP contribution is 2.14. The zero-order valence-corrected chi connectivity index (χ0v) is 10.1. The first-order chi connectivity index (χ1) is 8.25. The van der Waals surface area contributed by atoms with Gasteiger partial charge in [0.2, 0.25) is 0 Å². The lowest BCUT2D eigenvalue weighted by atomic mass is 10.3. The summed E-state index contributed by atoms with van der Waals surface area (Å²) in [5.74, 6) is 0. The van der Waals surface area contributed by atoms with Crippen LogP contribution in [-0.4, -0.2) is 10.7 Å². The number of hydrogen-bond acceptors (Lipinski definition) is 3. The smallest absolute Gasteiger partial charge is 0.0859 e. The summed E-state index contributed by atoms with van der Waals surface area (Å²) in [5.41, 5.74) is 5.48. The number of anilines is 1. The Morgan fingerprint density at radius 2 is 2.12 bits per heavy atom. The molecular weight excluding hydrogens is 234 g/mol. The maximum Gasteiger partial charge on any atom is 0.0859 e. The number of pyridine rings is 1. The maximum absolute atomic E-state index is 5.88. The fourth-order valence-electron chi connectivity index (χ4n) is 1.34. The topological polar surface area (TPSA) is 37.3 Å². The zero-order valence-electron chi connectivity index (χ0n) is 9.39. The first-order valence-corrected chi connectivity index (χ1v) is 5.61. The van der Waals surface area contributed by atoms with E-state index in [1.54, 1.807) is 6.20 Å². The Labute approximate surface area is 105 Å². The van der Waals surface area contributed by atoms with Crippen LogP contribution >= 0.6 is 11.6 Å². The van der Waals surface area contributed by atoms with E-state index in [1.165, 1.54) is 0 Å². The van der Waals surface area contributed by atoms with Crippen molar-refractivity contribution in [2.24, 2.45) is 5.10 Å². The SMILES string of the molecule is C/C(=N/Nc1cccc(Cl)c1)c1ccccn1. The molecule has 0 fully saturated rings. The molecular formula is C13H12ClN3. The normalized spacial score (nSPS) is 11.3. The largest absolute Gasteiger partial charge is 0.278 e. The standard InChI is InChI=1S/C13H12ClN3/c1-10(13-7-2-3-8-15-13)16-17-12-6-4-5-11(14)9-12/h2-9,17H,1H3/b16-10-. The average molecular weight is 246 g/mol. The van der Waals surface area contributed by atoms with Gasteiger partial charge in [0.05, 0.1) is 17.1 Å². The Morgan fingerprint density at radius 3 is 2.82 bits per heavy atom. The van der Waals surface area contributed by atoms with Gasteiger partial charge in [-0.1, -0.05) is 23.7 Å². The third-order valence-corrected chi connectivity index (χ3v) is 2.45. The van der Waals surface area contributed by atoms with Crippen LogP contribution in [0.2, 0.25) is 5.02 Å². The Hall–Kier alpha value is -1.87. The summed E-state index contributed by atoms with van der Waals surface area (Å²) in [6.07, 6.45) is 1.74. The molecule has 1 aromatic heterocycles. The van der Waals surface area contributed by atoms with Gasteiger partial charge in [-0.05, 0) is 37.3 Å². The number of nitrogens with zero attached hydrogens (tertiary/aromatic N) is 2. The summed E-state index contributed by atoms with van der Waals surface area (Å²) in [7, 11) is 0. The van der Waals surface area contributed by atoms with Crippen molar-refractivity contribution < 1.29 is 0 Å². The second kappa shape index (κ2) is 5.46. The van der Waals surface area contributed by atoms with Gasteiger partial charge in [0, 0.05) is 11.2 Å². The minimum Gasteiger partial charge on any atom is -0.278 e. The van der Waals surface area contributed by atoms with Crippen LogP contribution in [0, 0.1) is 0 Å². The third-order valence-electron chi connectivity index (χ3n) is 2.21. The van der Waals surface area contributed by atoms with E-state index in [9.17, 15) is 0 Å². The second-order valence-corrected chi connectivity index (χ2v) is 3.97. The molecule has 0 aliphatic rings. The molecule has 4 heteroatoms. The Morgan fingerprint density at radius 1 is 1.24 bits per heavy atom. The lowest BCUT2D eigenvalue weighted by Gasteiger charge is -2.03. The summed E-state index contributed by atoms with van der Waals surface area (Å²) in [4.78, 5) is 4.21. The molecule has 0 bridgehead atoms. The van der Waals surface area contributed by atoms with Gasteiger partial charge in [-0.15, -0.1) is 0 Å². The van der Waals surface area contributed by atoms with Crippen molar-refractivity contribution in [3.05, 3.63) is 59.4 Å². The molecule has 0 radical (unpaired) electrons. The van der Waals surface area contributed by atoms with Gasteiger partial charge in [0.25, 0.3) is 0 Å². The van der Waals surface area contributed by atoms with E-state index in [0.29, 0.717) is 5.02 Å². The number of halogens is 1. The number of hydrogen-bond donors (Lipinski definition) is 1. The molecule has 1 N–H and O–H groups in total. The zero-order chi connectivity index (χ0) is 12.1. The minimum atomic E-state index is 0.681. The Bertz CT molecular complexity index is 523. The van der Waals surface area contributed by atoms with Gasteiger partial charge >= 0.3 is 0 Å². The van der Waals surface area contributed by atoms with Crippen molar-refractivity contribution in [3.8, 4) is 0 Å². The number of nitrogens with one attached hydrogen (secondary N) is 1. The molecule has 0 aliphatic carbocycles. The second-order valence-electron chi connectivity index (χ2n) is 3.53. The number of aromatic nitrogens is 1. The van der Waals surface area contributed by atoms with Gasteiger partial charge in [0.1, 0.15) is 0 Å². The minimum absolute atomic E-state index is 0.681. The third kappa shape index (κ3) is 3.29. The van der Waals surface area contributed by atoms with Crippen LogP contribution in [0.3, 0.4) is 0 Å². The van der Waals surface area contributed by atoms with Crippen molar-refractivity contribution in [2.45, 2.75) is 6.92 Å². The number of rotatable bonds is 3. The monoisotopic (exact) mass is 245 g/mol. The summed E-state index contributed by atoms with van der Waals surface area (Å²) in [6, 6.07) is 13.1. The van der Waals surface area contributed by atoms with Crippen LogP contribution in [0.1, 0.15) is 12.6 Å². The average Bonchev–Trinajstić information content (AvgIpc) is 2.37. The van der Waals surface area contributed by atoms with Crippen molar-refractivity contribution in [2.75, 3.05) is 5.43 Å². The number of hydrazone groups is 1. The molecule has 0 saturated heterocycles. The predicted molar refractivity (Wildman–Crippen MR) is 71.5 cm³/mol. The van der Waals surface area contributed by atoms with E-state index >= 15 is 0 Å². The van der Waals surface area contributed by atoms with Gasteiger partial charge in [-0.2, -0.15) is 5.10 Å². The van der Waals surface area contributed by atoms with Crippen molar-refractivity contribution in [1.29, 1.82) is 0 Å². The Balaban J connectivity index is 2.11. The van der Waals surface area contributed by atoms with Gasteiger partial charge in [0.15, 0.2) is 0 Å². The fourth-order valence-corrected chi connectivity index (χ4v) is 1.53. The molecule has 3 nitrogen and oxygen atoms in total. The molecule has 0 saturated carbocycles. The highest BCUT2D eigenvalue weighted by atomic mass is 35.5. The fraction of sp³-hybridized carbons (Fsp3) is 0.0769. The van der Waals surface area contributed by atoms with Crippen LogP contribution in [0.5, 0.6) is 0 Å². The molecule has 0 amide bonds. The van der Waals surface area contributed by atoms with Crippen LogP contribution in [0.4, 0.5) is 5.69 Å². The predicted octanol–water partition coefficient (Wildman–Crippen LogP) is 3.57. The van der Waals surface area contributed by atoms with E-state index in [1.807, 2.05) is 49.4 Å². The molecule has 0 unspecified atom stereocenters. The van der Waals surface area contributed by atoms with Crippen molar-refractivity contribution >= 4 is 23.0 Å². The summed E-state index contributed by atoms with van der Waals surface area (Å²) >= 11 is 5.88. The van der Waals surface area contributed by atoms with Crippen LogP contribution < -0.4 is 5.43 Å². The molecule has 1 heterocycles. The molecule has 2 rings (SSSR count). The molecule has 0 atom stereocenters. The highest BCUT2D eigenvalue weighted by Gasteiger charge is 1.97. The summed E-state index contributed by atoms with van der Waals surface area (Å²) in [5, 5.41) is 4.93.